The molecule has 1 N–H and O–H groups in total. The standard InChI is InChI=1S/C31H37Cl2N3O4S/c1-5-7-17-34-31(38)29(6-2)35(20-24-14-15-25(32)19-28(24)33)30(37)21-36(26-16-13-22(3)23(4)18-26)41(39,40)27-11-9-8-10-12-27/h8-16,18-19,29H,5-7,17,20-21H2,1-4H3,(H,34,38)/t29-/m0/s1. The van der Waals surface area contributed by atoms with Crippen LogP contribution in [0.1, 0.15) is 49.8 Å². The lowest BCUT2D eigenvalue weighted by Crippen LogP contribution is -2.52. The molecule has 2 amide bonds. The van der Waals surface area contributed by atoms with E-state index in [9.17, 15) is 18.0 Å². The molecule has 220 valence electrons. The molecule has 0 radical (unpaired) electrons. The summed E-state index contributed by atoms with van der Waals surface area (Å²) in [5.41, 5.74) is 2.82. The molecule has 0 spiro atoms. The van der Waals surface area contributed by atoms with Gasteiger partial charge < -0.3 is 10.2 Å². The van der Waals surface area contributed by atoms with Gasteiger partial charge in [-0.1, -0.05) is 73.8 Å². The van der Waals surface area contributed by atoms with E-state index in [2.05, 4.69) is 5.32 Å². The Balaban J connectivity index is 2.07. The number of halogens is 2. The summed E-state index contributed by atoms with van der Waals surface area (Å²) in [4.78, 5) is 28.9. The van der Waals surface area contributed by atoms with Crippen molar-refractivity contribution in [2.45, 2.75) is 64.4 Å². The molecular weight excluding hydrogens is 581 g/mol. The third-order valence-corrected chi connectivity index (χ3v) is 9.33. The zero-order chi connectivity index (χ0) is 30.2. The van der Waals surface area contributed by atoms with Crippen molar-refractivity contribution in [1.82, 2.24) is 10.2 Å². The molecule has 3 rings (SSSR count). The fraction of sp³-hybridized carbons (Fsp3) is 0.355. The summed E-state index contributed by atoms with van der Waals surface area (Å²) in [7, 11) is -4.13. The van der Waals surface area contributed by atoms with Gasteiger partial charge in [-0.15, -0.1) is 0 Å². The molecule has 3 aromatic rings. The van der Waals surface area contributed by atoms with Gasteiger partial charge in [0.2, 0.25) is 11.8 Å². The van der Waals surface area contributed by atoms with Gasteiger partial charge in [0.25, 0.3) is 10.0 Å². The summed E-state index contributed by atoms with van der Waals surface area (Å²) < 4.78 is 29.0. The molecule has 7 nitrogen and oxygen atoms in total. The number of aryl methyl sites for hydroxylation is 2. The lowest BCUT2D eigenvalue weighted by atomic mass is 10.1. The topological polar surface area (TPSA) is 86.8 Å². The normalized spacial score (nSPS) is 12.0. The van der Waals surface area contributed by atoms with Crippen LogP contribution in [0, 0.1) is 13.8 Å². The van der Waals surface area contributed by atoms with E-state index >= 15 is 0 Å². The van der Waals surface area contributed by atoms with Gasteiger partial charge in [0.05, 0.1) is 10.6 Å². The van der Waals surface area contributed by atoms with Gasteiger partial charge in [0, 0.05) is 23.1 Å². The monoisotopic (exact) mass is 617 g/mol. The van der Waals surface area contributed by atoms with E-state index in [0.717, 1.165) is 28.3 Å². The van der Waals surface area contributed by atoms with Gasteiger partial charge in [-0.25, -0.2) is 8.42 Å². The molecule has 0 aliphatic carbocycles. The summed E-state index contributed by atoms with van der Waals surface area (Å²) in [6.07, 6.45) is 2.03. The third-order valence-electron chi connectivity index (χ3n) is 6.96. The Morgan fingerprint density at radius 3 is 2.24 bits per heavy atom. The van der Waals surface area contributed by atoms with Crippen LogP contribution in [-0.2, 0) is 26.2 Å². The Morgan fingerprint density at radius 1 is 0.927 bits per heavy atom. The maximum absolute atomic E-state index is 14.1. The van der Waals surface area contributed by atoms with Crippen molar-refractivity contribution in [1.29, 1.82) is 0 Å². The van der Waals surface area contributed by atoms with Gasteiger partial charge in [-0.2, -0.15) is 0 Å². The van der Waals surface area contributed by atoms with Gasteiger partial charge >= 0.3 is 0 Å². The first kappa shape index (κ1) is 32.4. The minimum absolute atomic E-state index is 0.000685. The predicted octanol–water partition coefficient (Wildman–Crippen LogP) is 6.53. The summed E-state index contributed by atoms with van der Waals surface area (Å²) in [6.45, 7) is 7.63. The highest BCUT2D eigenvalue weighted by molar-refractivity contribution is 7.92. The average Bonchev–Trinajstić information content (AvgIpc) is 2.94. The first-order valence-corrected chi connectivity index (χ1v) is 15.8. The van der Waals surface area contributed by atoms with E-state index in [-0.39, 0.29) is 17.3 Å². The maximum atomic E-state index is 14.1. The zero-order valence-corrected chi connectivity index (χ0v) is 26.2. The number of nitrogens with zero attached hydrogens (tertiary/aromatic N) is 2. The fourth-order valence-electron chi connectivity index (χ4n) is 4.39. The van der Waals surface area contributed by atoms with Crippen LogP contribution in [0.4, 0.5) is 5.69 Å². The van der Waals surface area contributed by atoms with Crippen LogP contribution in [0.3, 0.4) is 0 Å². The molecule has 0 saturated heterocycles. The quantitative estimate of drug-likeness (QED) is 0.221. The van der Waals surface area contributed by atoms with Crippen molar-refractivity contribution in [2.24, 2.45) is 0 Å². The number of anilines is 1. The molecular formula is C31H37Cl2N3O4S. The first-order valence-electron chi connectivity index (χ1n) is 13.7. The Hall–Kier alpha value is -3.07. The van der Waals surface area contributed by atoms with Crippen LogP contribution in [0.5, 0.6) is 0 Å². The van der Waals surface area contributed by atoms with Crippen molar-refractivity contribution in [2.75, 3.05) is 17.4 Å². The minimum atomic E-state index is -4.13. The van der Waals surface area contributed by atoms with Crippen LogP contribution in [-0.4, -0.2) is 44.3 Å². The average molecular weight is 619 g/mol. The highest BCUT2D eigenvalue weighted by Crippen LogP contribution is 2.28. The number of nitrogens with one attached hydrogen (secondary N) is 1. The van der Waals surface area contributed by atoms with Crippen LogP contribution in [0.2, 0.25) is 10.0 Å². The number of carbonyl (C=O) groups excluding carboxylic acids is 2. The second-order valence-electron chi connectivity index (χ2n) is 9.92. The molecule has 10 heteroatoms. The van der Waals surface area contributed by atoms with Gasteiger partial charge in [-0.3, -0.25) is 13.9 Å². The van der Waals surface area contributed by atoms with Crippen molar-refractivity contribution < 1.29 is 18.0 Å². The molecule has 41 heavy (non-hydrogen) atoms. The Bertz CT molecular complexity index is 1470. The largest absolute Gasteiger partial charge is 0.354 e. The number of hydrogen-bond acceptors (Lipinski definition) is 4. The predicted molar refractivity (Wildman–Crippen MR) is 166 cm³/mol. The molecule has 0 fully saturated rings. The number of carbonyl (C=O) groups is 2. The Morgan fingerprint density at radius 2 is 1.63 bits per heavy atom. The molecule has 0 heterocycles. The summed E-state index contributed by atoms with van der Waals surface area (Å²) in [6, 6.07) is 17.3. The number of unbranched alkanes of at least 4 members (excludes halogenated alkanes) is 1. The minimum Gasteiger partial charge on any atom is -0.354 e. The second-order valence-corrected chi connectivity index (χ2v) is 12.6. The number of rotatable bonds is 13. The number of hydrogen-bond donors (Lipinski definition) is 1. The number of amides is 2. The molecule has 0 aromatic heterocycles. The van der Waals surface area contributed by atoms with Crippen molar-refractivity contribution in [3.05, 3.63) is 93.5 Å². The van der Waals surface area contributed by atoms with Crippen molar-refractivity contribution in [3.8, 4) is 0 Å². The highest BCUT2D eigenvalue weighted by atomic mass is 35.5. The van der Waals surface area contributed by atoms with E-state index in [1.165, 1.54) is 17.0 Å². The van der Waals surface area contributed by atoms with Gasteiger partial charge in [0.15, 0.2) is 0 Å². The Kier molecular flexibility index (Phi) is 11.6. The second kappa shape index (κ2) is 14.7. The third kappa shape index (κ3) is 8.24. The molecule has 0 aliphatic heterocycles. The van der Waals surface area contributed by atoms with Crippen molar-refractivity contribution >= 4 is 50.7 Å². The molecule has 1 atom stereocenters. The SMILES string of the molecule is CCCCNC(=O)[C@H](CC)N(Cc1ccc(Cl)cc1Cl)C(=O)CN(c1ccc(C)c(C)c1)S(=O)(=O)c1ccccc1. The highest BCUT2D eigenvalue weighted by Gasteiger charge is 2.34. The lowest BCUT2D eigenvalue weighted by molar-refractivity contribution is -0.140. The van der Waals surface area contributed by atoms with E-state index in [1.54, 1.807) is 48.5 Å². The molecule has 0 unspecified atom stereocenters. The van der Waals surface area contributed by atoms with E-state index < -0.39 is 28.5 Å². The molecule has 0 aliphatic rings. The smallest absolute Gasteiger partial charge is 0.264 e. The summed E-state index contributed by atoms with van der Waals surface area (Å²) >= 11 is 12.6. The van der Waals surface area contributed by atoms with Gasteiger partial charge in [-0.05, 0) is 79.8 Å². The van der Waals surface area contributed by atoms with E-state index in [1.807, 2.05) is 33.8 Å². The molecule has 0 saturated carbocycles. The van der Waals surface area contributed by atoms with Crippen LogP contribution < -0.4 is 9.62 Å². The first-order chi connectivity index (χ1) is 19.5. The number of benzene rings is 3. The van der Waals surface area contributed by atoms with Crippen LogP contribution in [0.15, 0.2) is 71.6 Å². The maximum Gasteiger partial charge on any atom is 0.264 e. The van der Waals surface area contributed by atoms with Crippen LogP contribution >= 0.6 is 23.2 Å². The number of sulfonamides is 1. The zero-order valence-electron chi connectivity index (χ0n) is 23.9. The van der Waals surface area contributed by atoms with Gasteiger partial charge in [0.1, 0.15) is 12.6 Å². The molecule has 3 aromatic carbocycles. The summed E-state index contributed by atoms with van der Waals surface area (Å²) in [5, 5.41) is 3.70. The van der Waals surface area contributed by atoms with Crippen LogP contribution in [0.25, 0.3) is 0 Å². The summed E-state index contributed by atoms with van der Waals surface area (Å²) in [5.74, 6) is -0.839. The Labute approximate surface area is 253 Å². The van der Waals surface area contributed by atoms with E-state index in [0.29, 0.717) is 34.3 Å². The van der Waals surface area contributed by atoms with E-state index in [4.69, 9.17) is 23.2 Å². The molecule has 0 bridgehead atoms. The van der Waals surface area contributed by atoms with Crippen molar-refractivity contribution in [3.63, 3.8) is 0 Å². The lowest BCUT2D eigenvalue weighted by Gasteiger charge is -2.33. The fourth-order valence-corrected chi connectivity index (χ4v) is 6.28.